The van der Waals surface area contributed by atoms with Crippen molar-refractivity contribution in [2.45, 2.75) is 0 Å². The van der Waals surface area contributed by atoms with Gasteiger partial charge in [-0.3, -0.25) is 0 Å². The molecule has 0 radical (unpaired) electrons. The van der Waals surface area contributed by atoms with Crippen LogP contribution in [0.3, 0.4) is 0 Å². The summed E-state index contributed by atoms with van der Waals surface area (Å²) < 4.78 is 15.3. The minimum absolute atomic E-state index is 0.564. The van der Waals surface area contributed by atoms with E-state index in [1.165, 1.54) is 21.5 Å². The Morgan fingerprint density at radius 3 is 1.77 bits per heavy atom. The molecule has 0 atom stereocenters. The second kappa shape index (κ2) is 13.8. The predicted molar refractivity (Wildman–Crippen MR) is 265 cm³/mol. The summed E-state index contributed by atoms with van der Waals surface area (Å²) in [6.07, 6.45) is 0. The molecule has 65 heavy (non-hydrogen) atoms. The Bertz CT molecular complexity index is 4250. The van der Waals surface area contributed by atoms with E-state index in [-0.39, 0.29) is 0 Å². The Kier molecular flexibility index (Phi) is 7.59. The molecule has 0 aliphatic rings. The van der Waals surface area contributed by atoms with Gasteiger partial charge in [-0.2, -0.15) is 0 Å². The van der Waals surface area contributed by atoms with Crippen molar-refractivity contribution >= 4 is 87.2 Å². The molecule has 14 aromatic rings. The molecular formula is C59H34N4O2. The zero-order valence-electron chi connectivity index (χ0n) is 34.7. The molecule has 0 saturated heterocycles. The van der Waals surface area contributed by atoms with Crippen LogP contribution >= 0.6 is 0 Å². The van der Waals surface area contributed by atoms with Crippen LogP contribution in [0.5, 0.6) is 0 Å². The molecule has 14 rings (SSSR count). The lowest BCUT2D eigenvalue weighted by Crippen LogP contribution is -2.02. The highest BCUT2D eigenvalue weighted by atomic mass is 16.3. The van der Waals surface area contributed by atoms with E-state index in [4.69, 9.17) is 23.8 Å². The van der Waals surface area contributed by atoms with Crippen molar-refractivity contribution in [3.05, 3.63) is 206 Å². The molecule has 0 N–H and O–H groups in total. The molecular weight excluding hydrogens is 797 g/mol. The molecule has 6 heteroatoms. The second-order valence-corrected chi connectivity index (χ2v) is 16.7. The summed E-state index contributed by atoms with van der Waals surface area (Å²) in [5.74, 6) is 1.72. The van der Waals surface area contributed by atoms with Crippen molar-refractivity contribution in [2.24, 2.45) is 0 Å². The van der Waals surface area contributed by atoms with Gasteiger partial charge in [0.05, 0.1) is 11.0 Å². The Morgan fingerprint density at radius 1 is 0.323 bits per heavy atom. The molecule has 0 amide bonds. The summed E-state index contributed by atoms with van der Waals surface area (Å²) in [7, 11) is 0. The fraction of sp³-hybridized carbons (Fsp3) is 0. The van der Waals surface area contributed by atoms with Crippen LogP contribution in [-0.4, -0.2) is 19.5 Å². The maximum absolute atomic E-state index is 6.69. The van der Waals surface area contributed by atoms with Gasteiger partial charge in [0.2, 0.25) is 0 Å². The maximum atomic E-state index is 6.69. The van der Waals surface area contributed by atoms with Gasteiger partial charge in [-0.25, -0.2) is 15.0 Å². The number of furan rings is 2. The van der Waals surface area contributed by atoms with Gasteiger partial charge in [0, 0.05) is 60.3 Å². The van der Waals surface area contributed by atoms with Crippen LogP contribution in [0.25, 0.3) is 138 Å². The zero-order chi connectivity index (χ0) is 42.6. The average Bonchev–Trinajstić information content (AvgIpc) is 4.04. The van der Waals surface area contributed by atoms with Gasteiger partial charge in [-0.15, -0.1) is 0 Å². The van der Waals surface area contributed by atoms with E-state index in [0.717, 1.165) is 99.2 Å². The summed E-state index contributed by atoms with van der Waals surface area (Å²) in [4.78, 5) is 15.9. The number of fused-ring (bicyclic) bond motifs is 11. The summed E-state index contributed by atoms with van der Waals surface area (Å²) in [5.41, 5.74) is 11.3. The quantitative estimate of drug-likeness (QED) is 0.173. The molecule has 0 aliphatic heterocycles. The van der Waals surface area contributed by atoms with Crippen LogP contribution in [0.4, 0.5) is 0 Å². The number of nitrogens with zero attached hydrogens (tertiary/aromatic N) is 4. The third-order valence-electron chi connectivity index (χ3n) is 13.0. The molecule has 0 fully saturated rings. The highest BCUT2D eigenvalue weighted by molar-refractivity contribution is 6.22. The highest BCUT2D eigenvalue weighted by Gasteiger charge is 2.24. The number of hydrogen-bond donors (Lipinski definition) is 0. The lowest BCUT2D eigenvalue weighted by atomic mass is 9.90. The lowest BCUT2D eigenvalue weighted by Gasteiger charge is -2.17. The van der Waals surface area contributed by atoms with Crippen molar-refractivity contribution in [1.82, 2.24) is 19.5 Å². The SMILES string of the molecule is c1ccc(-c2nc(-c3ccc4oc5ccccc5c4c3)nc(-c3ccc(-n4c5ccccc5c5cc6ccccc6cc54)cc3-c3c4ccccc4cc4oc5ccccc5c34)n2)cc1. The van der Waals surface area contributed by atoms with E-state index in [9.17, 15) is 0 Å². The molecule has 4 heterocycles. The minimum atomic E-state index is 0.564. The molecule has 0 bridgehead atoms. The average molecular weight is 831 g/mol. The van der Waals surface area contributed by atoms with Crippen LogP contribution in [-0.2, 0) is 0 Å². The van der Waals surface area contributed by atoms with Crippen molar-refractivity contribution in [2.75, 3.05) is 0 Å². The van der Waals surface area contributed by atoms with E-state index in [0.29, 0.717) is 17.5 Å². The summed E-state index contributed by atoms with van der Waals surface area (Å²) >= 11 is 0. The fourth-order valence-electron chi connectivity index (χ4n) is 10.0. The molecule has 302 valence electrons. The van der Waals surface area contributed by atoms with Crippen molar-refractivity contribution in [1.29, 1.82) is 0 Å². The monoisotopic (exact) mass is 830 g/mol. The summed E-state index contributed by atoms with van der Waals surface area (Å²) in [6, 6.07) is 72.3. The van der Waals surface area contributed by atoms with Crippen LogP contribution in [0.2, 0.25) is 0 Å². The van der Waals surface area contributed by atoms with E-state index in [2.05, 4.69) is 150 Å². The van der Waals surface area contributed by atoms with Gasteiger partial charge in [0.1, 0.15) is 22.3 Å². The third kappa shape index (κ3) is 5.51. The summed E-state index contributed by atoms with van der Waals surface area (Å²) in [6.45, 7) is 0. The molecule has 4 aromatic heterocycles. The third-order valence-corrected chi connectivity index (χ3v) is 13.0. The lowest BCUT2D eigenvalue weighted by molar-refractivity contribution is 0.669. The number of para-hydroxylation sites is 3. The predicted octanol–water partition coefficient (Wildman–Crippen LogP) is 15.7. The topological polar surface area (TPSA) is 69.9 Å². The first kappa shape index (κ1) is 35.7. The largest absolute Gasteiger partial charge is 0.456 e. The highest BCUT2D eigenvalue weighted by Crippen LogP contribution is 2.46. The van der Waals surface area contributed by atoms with Crippen LogP contribution < -0.4 is 0 Å². The van der Waals surface area contributed by atoms with E-state index in [1.807, 2.05) is 60.7 Å². The standard InChI is InChI=1S/C59H34N4O2/c1-2-14-35(15-3-1)57-60-58(39-26-29-53-47(31-39)43-21-9-12-24-51(43)64-53)62-59(61-57)44-28-27-40(63-49-23-11-8-20-42(49)46-30-36-16-4-5-17-37(36)32-50(46)63)34-48(44)55-41-19-7-6-18-38(41)33-54-56(55)45-22-10-13-25-52(45)65-54/h1-34H. The van der Waals surface area contributed by atoms with E-state index >= 15 is 0 Å². The molecule has 0 saturated carbocycles. The first-order valence-corrected chi connectivity index (χ1v) is 21.8. The Morgan fingerprint density at radius 2 is 0.938 bits per heavy atom. The Balaban J connectivity index is 1.10. The van der Waals surface area contributed by atoms with E-state index in [1.54, 1.807) is 0 Å². The van der Waals surface area contributed by atoms with Gasteiger partial charge < -0.3 is 13.4 Å². The van der Waals surface area contributed by atoms with Crippen LogP contribution in [0, 0.1) is 0 Å². The first-order valence-electron chi connectivity index (χ1n) is 21.8. The molecule has 0 spiro atoms. The van der Waals surface area contributed by atoms with Gasteiger partial charge in [0.15, 0.2) is 17.5 Å². The number of hydrogen-bond acceptors (Lipinski definition) is 5. The van der Waals surface area contributed by atoms with E-state index < -0.39 is 0 Å². The Hall–Kier alpha value is -8.87. The molecule has 6 nitrogen and oxygen atoms in total. The molecule has 0 unspecified atom stereocenters. The fourth-order valence-corrected chi connectivity index (χ4v) is 10.0. The van der Waals surface area contributed by atoms with Gasteiger partial charge >= 0.3 is 0 Å². The summed E-state index contributed by atoms with van der Waals surface area (Å²) in [5, 5.41) is 11.1. The normalized spacial score (nSPS) is 12.0. The van der Waals surface area contributed by atoms with Gasteiger partial charge in [0.25, 0.3) is 0 Å². The van der Waals surface area contributed by atoms with Gasteiger partial charge in [-0.05, 0) is 99.9 Å². The molecule has 0 aliphatic carbocycles. The second-order valence-electron chi connectivity index (χ2n) is 16.7. The van der Waals surface area contributed by atoms with Crippen molar-refractivity contribution in [3.63, 3.8) is 0 Å². The van der Waals surface area contributed by atoms with Crippen LogP contribution in [0.15, 0.2) is 215 Å². The number of benzene rings is 10. The Labute approximate surface area is 371 Å². The van der Waals surface area contributed by atoms with Crippen LogP contribution in [0.1, 0.15) is 0 Å². The maximum Gasteiger partial charge on any atom is 0.164 e. The van der Waals surface area contributed by atoms with Gasteiger partial charge in [-0.1, -0.05) is 133 Å². The smallest absolute Gasteiger partial charge is 0.164 e. The first-order chi connectivity index (χ1) is 32.2. The zero-order valence-corrected chi connectivity index (χ0v) is 34.7. The number of aromatic nitrogens is 4. The van der Waals surface area contributed by atoms with Crippen molar-refractivity contribution in [3.8, 4) is 51.0 Å². The number of rotatable bonds is 5. The van der Waals surface area contributed by atoms with Crippen molar-refractivity contribution < 1.29 is 8.83 Å². The molecule has 10 aromatic carbocycles. The minimum Gasteiger partial charge on any atom is -0.456 e.